The molecular formula is C15H18BrN3. The van der Waals surface area contributed by atoms with E-state index in [0.29, 0.717) is 0 Å². The maximum Gasteiger partial charge on any atom is 0.131 e. The molecule has 100 valence electrons. The van der Waals surface area contributed by atoms with Gasteiger partial charge in [-0.1, -0.05) is 28.1 Å². The second-order valence-corrected chi connectivity index (χ2v) is 5.01. The summed E-state index contributed by atoms with van der Waals surface area (Å²) in [7, 11) is 0. The van der Waals surface area contributed by atoms with Gasteiger partial charge in [-0.25, -0.2) is 4.98 Å². The van der Waals surface area contributed by atoms with Gasteiger partial charge in [-0.05, 0) is 37.1 Å². The molecule has 0 atom stereocenters. The molecule has 0 aromatic carbocycles. The fraction of sp³-hybridized carbons (Fsp3) is 0.333. The number of nitrogens with zero attached hydrogens (tertiary/aromatic N) is 3. The van der Waals surface area contributed by atoms with Crippen molar-refractivity contribution in [2.75, 3.05) is 11.4 Å². The van der Waals surface area contributed by atoms with Crippen molar-refractivity contribution < 1.29 is 0 Å². The number of halogens is 1. The molecule has 2 aromatic rings. The minimum Gasteiger partial charge on any atom is -0.351 e. The van der Waals surface area contributed by atoms with Crippen LogP contribution < -0.4 is 4.90 Å². The van der Waals surface area contributed by atoms with Crippen molar-refractivity contribution in [2.24, 2.45) is 0 Å². The summed E-state index contributed by atoms with van der Waals surface area (Å²) in [4.78, 5) is 11.2. The van der Waals surface area contributed by atoms with Gasteiger partial charge in [0.2, 0.25) is 0 Å². The summed E-state index contributed by atoms with van der Waals surface area (Å²) in [6.07, 6.45) is 3.76. The predicted molar refractivity (Wildman–Crippen MR) is 82.6 cm³/mol. The highest BCUT2D eigenvalue weighted by atomic mass is 79.9. The Labute approximate surface area is 122 Å². The van der Waals surface area contributed by atoms with Crippen LogP contribution >= 0.6 is 15.9 Å². The van der Waals surface area contributed by atoms with E-state index in [1.54, 1.807) is 0 Å². The summed E-state index contributed by atoms with van der Waals surface area (Å²) < 4.78 is 0. The van der Waals surface area contributed by atoms with Crippen LogP contribution in [-0.2, 0) is 11.9 Å². The third-order valence-electron chi connectivity index (χ3n) is 3.02. The second kappa shape index (κ2) is 6.66. The SMILES string of the molecule is CCN(Cc1ccccn1)c1ncc(CBr)cc1C. The van der Waals surface area contributed by atoms with Gasteiger partial charge in [0, 0.05) is 24.3 Å². The largest absolute Gasteiger partial charge is 0.351 e. The number of aromatic nitrogens is 2. The second-order valence-electron chi connectivity index (χ2n) is 4.45. The van der Waals surface area contributed by atoms with Crippen LogP contribution in [0.3, 0.4) is 0 Å². The fourth-order valence-electron chi connectivity index (χ4n) is 2.05. The molecule has 0 spiro atoms. The summed E-state index contributed by atoms with van der Waals surface area (Å²) in [6.45, 7) is 5.95. The molecule has 0 unspecified atom stereocenters. The normalized spacial score (nSPS) is 10.5. The van der Waals surface area contributed by atoms with E-state index >= 15 is 0 Å². The first-order valence-corrected chi connectivity index (χ1v) is 7.53. The molecule has 0 aliphatic heterocycles. The van der Waals surface area contributed by atoms with Gasteiger partial charge in [-0.3, -0.25) is 4.98 Å². The number of aryl methyl sites for hydroxylation is 1. The Hall–Kier alpha value is -1.42. The maximum absolute atomic E-state index is 4.58. The van der Waals surface area contributed by atoms with Gasteiger partial charge in [0.05, 0.1) is 12.2 Å². The standard InChI is InChI=1S/C15H18BrN3/c1-3-19(11-14-6-4-5-7-17-14)15-12(2)8-13(9-16)10-18-15/h4-8,10H,3,9,11H2,1-2H3. The molecule has 19 heavy (non-hydrogen) atoms. The van der Waals surface area contributed by atoms with E-state index in [0.717, 1.165) is 29.9 Å². The molecule has 3 nitrogen and oxygen atoms in total. The number of hydrogen-bond acceptors (Lipinski definition) is 3. The van der Waals surface area contributed by atoms with Crippen molar-refractivity contribution in [1.29, 1.82) is 0 Å². The van der Waals surface area contributed by atoms with Crippen molar-refractivity contribution in [3.63, 3.8) is 0 Å². The van der Waals surface area contributed by atoms with E-state index in [9.17, 15) is 0 Å². The highest BCUT2D eigenvalue weighted by Crippen LogP contribution is 2.20. The van der Waals surface area contributed by atoms with Crippen molar-refractivity contribution in [2.45, 2.75) is 25.7 Å². The van der Waals surface area contributed by atoms with E-state index < -0.39 is 0 Å². The zero-order valence-electron chi connectivity index (χ0n) is 11.3. The molecule has 0 aliphatic carbocycles. The van der Waals surface area contributed by atoms with Gasteiger partial charge in [-0.2, -0.15) is 0 Å². The van der Waals surface area contributed by atoms with E-state index in [1.165, 1.54) is 11.1 Å². The monoisotopic (exact) mass is 319 g/mol. The highest BCUT2D eigenvalue weighted by molar-refractivity contribution is 9.08. The van der Waals surface area contributed by atoms with E-state index in [-0.39, 0.29) is 0 Å². The fourth-order valence-corrected chi connectivity index (χ4v) is 2.36. The van der Waals surface area contributed by atoms with Crippen LogP contribution in [0.15, 0.2) is 36.7 Å². The third-order valence-corrected chi connectivity index (χ3v) is 3.67. The van der Waals surface area contributed by atoms with Crippen LogP contribution in [0.1, 0.15) is 23.7 Å². The van der Waals surface area contributed by atoms with Gasteiger partial charge >= 0.3 is 0 Å². The molecule has 0 radical (unpaired) electrons. The Kier molecular flexibility index (Phi) is 4.91. The highest BCUT2D eigenvalue weighted by Gasteiger charge is 2.10. The molecule has 0 aliphatic rings. The minimum atomic E-state index is 0.791. The third kappa shape index (κ3) is 3.53. The first-order valence-electron chi connectivity index (χ1n) is 6.41. The molecule has 4 heteroatoms. The first-order chi connectivity index (χ1) is 9.24. The average Bonchev–Trinajstić information content (AvgIpc) is 2.46. The van der Waals surface area contributed by atoms with Crippen LogP contribution in [0.2, 0.25) is 0 Å². The number of anilines is 1. The van der Waals surface area contributed by atoms with E-state index in [1.807, 2.05) is 30.6 Å². The molecule has 0 saturated carbocycles. The van der Waals surface area contributed by atoms with Gasteiger partial charge in [0.1, 0.15) is 5.82 Å². The Balaban J connectivity index is 2.22. The molecule has 2 rings (SSSR count). The molecule has 0 amide bonds. The lowest BCUT2D eigenvalue weighted by Crippen LogP contribution is -2.24. The van der Waals surface area contributed by atoms with Crippen LogP contribution in [-0.4, -0.2) is 16.5 Å². The van der Waals surface area contributed by atoms with Gasteiger partial charge in [0.25, 0.3) is 0 Å². The van der Waals surface area contributed by atoms with Crippen molar-refractivity contribution in [1.82, 2.24) is 9.97 Å². The summed E-state index contributed by atoms with van der Waals surface area (Å²) in [6, 6.07) is 8.18. The van der Waals surface area contributed by atoms with Crippen LogP contribution in [0, 0.1) is 6.92 Å². The van der Waals surface area contributed by atoms with E-state index in [4.69, 9.17) is 0 Å². The molecule has 0 saturated heterocycles. The number of pyridine rings is 2. The molecular weight excluding hydrogens is 302 g/mol. The summed E-state index contributed by atoms with van der Waals surface area (Å²) >= 11 is 3.46. The van der Waals surface area contributed by atoms with Crippen molar-refractivity contribution >= 4 is 21.7 Å². The topological polar surface area (TPSA) is 29.0 Å². The Morgan fingerprint density at radius 2 is 2.11 bits per heavy atom. The zero-order chi connectivity index (χ0) is 13.7. The number of hydrogen-bond donors (Lipinski definition) is 0. The van der Waals surface area contributed by atoms with Crippen molar-refractivity contribution in [3.8, 4) is 0 Å². The molecule has 0 N–H and O–H groups in total. The van der Waals surface area contributed by atoms with E-state index in [2.05, 4.69) is 50.7 Å². The van der Waals surface area contributed by atoms with Gasteiger partial charge in [0.15, 0.2) is 0 Å². The summed E-state index contributed by atoms with van der Waals surface area (Å²) in [5.74, 6) is 1.04. The van der Waals surface area contributed by atoms with Crippen LogP contribution in [0.4, 0.5) is 5.82 Å². The Morgan fingerprint density at radius 1 is 1.26 bits per heavy atom. The maximum atomic E-state index is 4.58. The van der Waals surface area contributed by atoms with Crippen LogP contribution in [0.25, 0.3) is 0 Å². The quantitative estimate of drug-likeness (QED) is 0.787. The van der Waals surface area contributed by atoms with Gasteiger partial charge < -0.3 is 4.90 Å². The lowest BCUT2D eigenvalue weighted by atomic mass is 10.2. The lowest BCUT2D eigenvalue weighted by molar-refractivity contribution is 0.789. The lowest BCUT2D eigenvalue weighted by Gasteiger charge is -2.23. The molecule has 2 aromatic heterocycles. The average molecular weight is 320 g/mol. The minimum absolute atomic E-state index is 0.791. The predicted octanol–water partition coefficient (Wildman–Crippen LogP) is 3.71. The Bertz CT molecular complexity index is 528. The number of alkyl halides is 1. The molecule has 0 bridgehead atoms. The zero-order valence-corrected chi connectivity index (χ0v) is 12.9. The van der Waals surface area contributed by atoms with Crippen LogP contribution in [0.5, 0.6) is 0 Å². The summed E-state index contributed by atoms with van der Waals surface area (Å²) in [5.41, 5.74) is 3.47. The number of rotatable bonds is 5. The molecule has 2 heterocycles. The summed E-state index contributed by atoms with van der Waals surface area (Å²) in [5, 5.41) is 0.841. The smallest absolute Gasteiger partial charge is 0.131 e. The van der Waals surface area contributed by atoms with Crippen molar-refractivity contribution in [3.05, 3.63) is 53.5 Å². The first kappa shape index (κ1) is 14.0. The molecule has 0 fully saturated rings. The van der Waals surface area contributed by atoms with Gasteiger partial charge in [-0.15, -0.1) is 0 Å². The Morgan fingerprint density at radius 3 is 2.68 bits per heavy atom.